The van der Waals surface area contributed by atoms with Crippen LogP contribution in [0.25, 0.3) is 0 Å². The quantitative estimate of drug-likeness (QED) is 0.691. The second-order valence-electron chi connectivity index (χ2n) is 5.56. The maximum atomic E-state index is 12.6. The average molecular weight is 363 g/mol. The zero-order valence-electron chi connectivity index (χ0n) is 13.8. The first-order valence-electron chi connectivity index (χ1n) is 7.93. The highest BCUT2D eigenvalue weighted by atomic mass is 35.5. The molecule has 0 atom stereocenters. The molecular formula is C21H15ClN2O2. The smallest absolute Gasteiger partial charge is 0.259 e. The predicted molar refractivity (Wildman–Crippen MR) is 101 cm³/mol. The van der Waals surface area contributed by atoms with Gasteiger partial charge in [-0.3, -0.25) is 4.79 Å². The van der Waals surface area contributed by atoms with Gasteiger partial charge in [-0.25, -0.2) is 0 Å². The summed E-state index contributed by atoms with van der Waals surface area (Å²) in [7, 11) is 0. The van der Waals surface area contributed by atoms with Crippen molar-refractivity contribution in [3.8, 4) is 11.8 Å². The standard InChI is InChI=1S/C21H15ClN2O2/c22-17-8-11-20(26-14-16-4-2-1-3-5-16)19(12-17)21(25)24-18-9-6-15(13-23)7-10-18/h1-12H,14H2,(H,24,25). The number of carbonyl (C=O) groups is 1. The third kappa shape index (κ3) is 4.41. The topological polar surface area (TPSA) is 62.1 Å². The molecule has 0 radical (unpaired) electrons. The number of nitrogens with zero attached hydrogens (tertiary/aromatic N) is 1. The van der Waals surface area contributed by atoms with Gasteiger partial charge >= 0.3 is 0 Å². The third-order valence-electron chi connectivity index (χ3n) is 3.70. The van der Waals surface area contributed by atoms with E-state index in [4.69, 9.17) is 21.6 Å². The number of ether oxygens (including phenoxy) is 1. The number of amides is 1. The van der Waals surface area contributed by atoms with E-state index in [1.165, 1.54) is 0 Å². The minimum Gasteiger partial charge on any atom is -0.488 e. The van der Waals surface area contributed by atoms with Gasteiger partial charge in [0.2, 0.25) is 0 Å². The molecule has 0 aliphatic carbocycles. The molecule has 0 saturated heterocycles. The van der Waals surface area contributed by atoms with Crippen molar-refractivity contribution in [2.75, 3.05) is 5.32 Å². The lowest BCUT2D eigenvalue weighted by Crippen LogP contribution is -2.13. The summed E-state index contributed by atoms with van der Waals surface area (Å²) in [5, 5.41) is 12.1. The lowest BCUT2D eigenvalue weighted by molar-refractivity contribution is 0.102. The van der Waals surface area contributed by atoms with Crippen LogP contribution in [0.1, 0.15) is 21.5 Å². The Morgan fingerprint density at radius 2 is 1.77 bits per heavy atom. The fourth-order valence-electron chi connectivity index (χ4n) is 2.37. The molecule has 0 fully saturated rings. The maximum absolute atomic E-state index is 12.6. The van der Waals surface area contributed by atoms with Crippen LogP contribution in [0.5, 0.6) is 5.75 Å². The van der Waals surface area contributed by atoms with Crippen molar-refractivity contribution in [1.82, 2.24) is 0 Å². The Morgan fingerprint density at radius 1 is 1.04 bits per heavy atom. The number of rotatable bonds is 5. The molecule has 0 aliphatic heterocycles. The maximum Gasteiger partial charge on any atom is 0.259 e. The molecule has 0 spiro atoms. The number of nitrogens with one attached hydrogen (secondary N) is 1. The van der Waals surface area contributed by atoms with Crippen molar-refractivity contribution in [1.29, 1.82) is 5.26 Å². The molecule has 1 amide bonds. The first kappa shape index (κ1) is 17.5. The summed E-state index contributed by atoms with van der Waals surface area (Å²) in [6.07, 6.45) is 0. The summed E-state index contributed by atoms with van der Waals surface area (Å²) in [5.74, 6) is 0.115. The SMILES string of the molecule is N#Cc1ccc(NC(=O)c2cc(Cl)ccc2OCc2ccccc2)cc1. The van der Waals surface area contributed by atoms with Gasteiger partial charge in [-0.05, 0) is 48.0 Å². The monoisotopic (exact) mass is 362 g/mol. The highest BCUT2D eigenvalue weighted by Crippen LogP contribution is 2.25. The summed E-state index contributed by atoms with van der Waals surface area (Å²) in [6.45, 7) is 0.347. The van der Waals surface area contributed by atoms with E-state index in [9.17, 15) is 4.79 Å². The normalized spacial score (nSPS) is 10.0. The molecule has 0 saturated carbocycles. The molecule has 0 aromatic heterocycles. The number of halogens is 1. The summed E-state index contributed by atoms with van der Waals surface area (Å²) in [5.41, 5.74) is 2.46. The van der Waals surface area contributed by atoms with Gasteiger partial charge in [-0.1, -0.05) is 41.9 Å². The summed E-state index contributed by atoms with van der Waals surface area (Å²) >= 11 is 6.05. The van der Waals surface area contributed by atoms with Crippen LogP contribution >= 0.6 is 11.6 Å². The number of benzene rings is 3. The Bertz CT molecular complexity index is 948. The largest absolute Gasteiger partial charge is 0.488 e. The minimum atomic E-state index is -0.333. The lowest BCUT2D eigenvalue weighted by Gasteiger charge is -2.12. The van der Waals surface area contributed by atoms with Crippen molar-refractivity contribution in [2.24, 2.45) is 0 Å². The molecule has 1 N–H and O–H groups in total. The average Bonchev–Trinajstić information content (AvgIpc) is 2.68. The highest BCUT2D eigenvalue weighted by molar-refractivity contribution is 6.31. The fourth-order valence-corrected chi connectivity index (χ4v) is 2.54. The van der Waals surface area contributed by atoms with Crippen molar-refractivity contribution < 1.29 is 9.53 Å². The van der Waals surface area contributed by atoms with E-state index in [1.54, 1.807) is 42.5 Å². The van der Waals surface area contributed by atoms with E-state index in [0.717, 1.165) is 5.56 Å². The highest BCUT2D eigenvalue weighted by Gasteiger charge is 2.14. The van der Waals surface area contributed by atoms with Crippen LogP contribution in [0.4, 0.5) is 5.69 Å². The molecule has 3 rings (SSSR count). The van der Waals surface area contributed by atoms with Crippen molar-refractivity contribution in [3.05, 3.63) is 94.5 Å². The van der Waals surface area contributed by atoms with Gasteiger partial charge in [0.25, 0.3) is 5.91 Å². The summed E-state index contributed by atoms with van der Waals surface area (Å²) < 4.78 is 5.81. The van der Waals surface area contributed by atoms with Crippen LogP contribution in [-0.2, 0) is 6.61 Å². The van der Waals surface area contributed by atoms with Crippen molar-refractivity contribution in [3.63, 3.8) is 0 Å². The Hall–Kier alpha value is -3.29. The van der Waals surface area contributed by atoms with Gasteiger partial charge < -0.3 is 10.1 Å². The van der Waals surface area contributed by atoms with Gasteiger partial charge in [-0.2, -0.15) is 5.26 Å². The lowest BCUT2D eigenvalue weighted by atomic mass is 10.1. The van der Waals surface area contributed by atoms with Gasteiger partial charge in [0.05, 0.1) is 17.2 Å². The van der Waals surface area contributed by atoms with Gasteiger partial charge in [0, 0.05) is 10.7 Å². The number of nitriles is 1. The summed E-state index contributed by atoms with van der Waals surface area (Å²) in [4.78, 5) is 12.6. The Morgan fingerprint density at radius 3 is 2.46 bits per heavy atom. The van der Waals surface area contributed by atoms with Gasteiger partial charge in [-0.15, -0.1) is 0 Å². The molecule has 4 nitrogen and oxygen atoms in total. The van der Waals surface area contributed by atoms with Gasteiger partial charge in [0.1, 0.15) is 12.4 Å². The minimum absolute atomic E-state index is 0.333. The van der Waals surface area contributed by atoms with E-state index in [-0.39, 0.29) is 5.91 Å². The number of hydrogen-bond donors (Lipinski definition) is 1. The Kier molecular flexibility index (Phi) is 5.52. The molecule has 0 aliphatic rings. The zero-order chi connectivity index (χ0) is 18.4. The van der Waals surface area contributed by atoms with E-state index >= 15 is 0 Å². The van der Waals surface area contributed by atoms with Crippen LogP contribution in [0, 0.1) is 11.3 Å². The molecule has 128 valence electrons. The second kappa shape index (κ2) is 8.19. The van der Waals surface area contributed by atoms with Crippen LogP contribution in [-0.4, -0.2) is 5.91 Å². The fraction of sp³-hybridized carbons (Fsp3) is 0.0476. The summed E-state index contributed by atoms with van der Waals surface area (Å²) in [6, 6.07) is 23.3. The molecule has 3 aromatic rings. The Balaban J connectivity index is 1.77. The predicted octanol–water partition coefficient (Wildman–Crippen LogP) is 5.04. The van der Waals surface area contributed by atoms with Crippen LogP contribution < -0.4 is 10.1 Å². The molecule has 26 heavy (non-hydrogen) atoms. The second-order valence-corrected chi connectivity index (χ2v) is 5.99. The van der Waals surface area contributed by atoms with Crippen molar-refractivity contribution in [2.45, 2.75) is 6.61 Å². The third-order valence-corrected chi connectivity index (χ3v) is 3.93. The molecule has 5 heteroatoms. The van der Waals surface area contributed by atoms with E-state index in [0.29, 0.717) is 34.2 Å². The molecule has 3 aromatic carbocycles. The first-order chi connectivity index (χ1) is 12.7. The zero-order valence-corrected chi connectivity index (χ0v) is 14.5. The first-order valence-corrected chi connectivity index (χ1v) is 8.31. The van der Waals surface area contributed by atoms with Crippen LogP contribution in [0.2, 0.25) is 5.02 Å². The van der Waals surface area contributed by atoms with Gasteiger partial charge in [0.15, 0.2) is 0 Å². The Labute approximate surface area is 156 Å². The van der Waals surface area contributed by atoms with E-state index in [2.05, 4.69) is 5.32 Å². The van der Waals surface area contributed by atoms with E-state index < -0.39 is 0 Å². The molecule has 0 heterocycles. The molecule has 0 bridgehead atoms. The molecule has 0 unspecified atom stereocenters. The van der Waals surface area contributed by atoms with Crippen LogP contribution in [0.15, 0.2) is 72.8 Å². The number of hydrogen-bond acceptors (Lipinski definition) is 3. The molecular weight excluding hydrogens is 348 g/mol. The number of anilines is 1. The van der Waals surface area contributed by atoms with Crippen molar-refractivity contribution >= 4 is 23.2 Å². The number of carbonyl (C=O) groups excluding carboxylic acids is 1. The van der Waals surface area contributed by atoms with Crippen LogP contribution in [0.3, 0.4) is 0 Å². The van der Waals surface area contributed by atoms with E-state index in [1.807, 2.05) is 36.4 Å².